The highest BCUT2D eigenvalue weighted by Crippen LogP contribution is 2.27. The lowest BCUT2D eigenvalue weighted by Crippen LogP contribution is -2.48. The van der Waals surface area contributed by atoms with Crippen LogP contribution >= 0.6 is 0 Å². The molecule has 5 nitrogen and oxygen atoms in total. The first kappa shape index (κ1) is 17.7. The van der Waals surface area contributed by atoms with E-state index in [-0.39, 0.29) is 18.1 Å². The van der Waals surface area contributed by atoms with Crippen LogP contribution in [0.3, 0.4) is 0 Å². The Morgan fingerprint density at radius 3 is 2.38 bits per heavy atom. The summed E-state index contributed by atoms with van der Waals surface area (Å²) in [5, 5.41) is 3.10. The van der Waals surface area contributed by atoms with E-state index < -0.39 is 0 Å². The normalized spacial score (nSPS) is 26.5. The zero-order valence-electron chi connectivity index (χ0n) is 14.8. The van der Waals surface area contributed by atoms with Gasteiger partial charge in [-0.1, -0.05) is 32.1 Å². The van der Waals surface area contributed by atoms with Crippen LogP contribution in [0, 0.1) is 5.92 Å². The van der Waals surface area contributed by atoms with E-state index in [4.69, 9.17) is 4.74 Å². The van der Waals surface area contributed by atoms with Crippen molar-refractivity contribution in [3.8, 4) is 0 Å². The van der Waals surface area contributed by atoms with Crippen LogP contribution in [0.4, 0.5) is 0 Å². The number of hydrogen-bond donors (Lipinski definition) is 1. The number of piperidine rings is 1. The molecule has 1 saturated carbocycles. The molecule has 2 aliphatic heterocycles. The van der Waals surface area contributed by atoms with Gasteiger partial charge in [0.05, 0.1) is 0 Å². The van der Waals surface area contributed by atoms with Crippen LogP contribution in [0.2, 0.25) is 0 Å². The second-order valence-electron chi connectivity index (χ2n) is 7.71. The Bertz CT molecular complexity index is 420. The van der Waals surface area contributed by atoms with Crippen molar-refractivity contribution in [3.05, 3.63) is 0 Å². The zero-order valence-corrected chi connectivity index (χ0v) is 14.8. The molecule has 0 aromatic heterocycles. The van der Waals surface area contributed by atoms with Crippen molar-refractivity contribution in [1.29, 1.82) is 0 Å². The van der Waals surface area contributed by atoms with E-state index in [0.717, 1.165) is 51.1 Å². The third-order valence-corrected chi connectivity index (χ3v) is 5.91. The molecule has 0 radical (unpaired) electrons. The molecule has 1 aliphatic carbocycles. The maximum atomic E-state index is 12.4. The lowest BCUT2D eigenvalue weighted by molar-refractivity contribution is -0.133. The Morgan fingerprint density at radius 1 is 0.958 bits per heavy atom. The van der Waals surface area contributed by atoms with E-state index in [1.54, 1.807) is 0 Å². The average molecular weight is 336 g/mol. The standard InChI is InChI=1S/C19H32N2O3/c22-18(9-8-15-5-2-1-3-6-15)21-12-10-16(11-13-21)20-19(23)17-7-4-14-24-17/h15-17H,1-14H2,(H,20,23). The van der Waals surface area contributed by atoms with E-state index in [0.29, 0.717) is 18.9 Å². The summed E-state index contributed by atoms with van der Waals surface area (Å²) in [6, 6.07) is 0.198. The van der Waals surface area contributed by atoms with Crippen LogP contribution in [-0.4, -0.2) is 48.6 Å². The number of amides is 2. The van der Waals surface area contributed by atoms with E-state index in [2.05, 4.69) is 5.32 Å². The van der Waals surface area contributed by atoms with E-state index >= 15 is 0 Å². The van der Waals surface area contributed by atoms with Gasteiger partial charge in [0.1, 0.15) is 6.10 Å². The largest absolute Gasteiger partial charge is 0.368 e. The number of rotatable bonds is 5. The minimum Gasteiger partial charge on any atom is -0.368 e. The topological polar surface area (TPSA) is 58.6 Å². The first-order valence-electron chi connectivity index (χ1n) is 9.92. The Hall–Kier alpha value is -1.10. The molecule has 3 rings (SSSR count). The number of ether oxygens (including phenoxy) is 1. The number of carbonyl (C=O) groups is 2. The summed E-state index contributed by atoms with van der Waals surface area (Å²) in [4.78, 5) is 26.5. The second kappa shape index (κ2) is 8.84. The minimum atomic E-state index is -0.250. The second-order valence-corrected chi connectivity index (χ2v) is 7.71. The molecule has 3 fully saturated rings. The lowest BCUT2D eigenvalue weighted by Gasteiger charge is -2.33. The van der Waals surface area contributed by atoms with Crippen molar-refractivity contribution in [2.24, 2.45) is 5.92 Å². The first-order valence-corrected chi connectivity index (χ1v) is 9.92. The summed E-state index contributed by atoms with van der Waals surface area (Å²) < 4.78 is 5.43. The highest BCUT2D eigenvalue weighted by molar-refractivity contribution is 5.81. The number of nitrogens with one attached hydrogen (secondary N) is 1. The van der Waals surface area contributed by atoms with Gasteiger partial charge in [-0.05, 0) is 38.0 Å². The molecule has 0 aromatic rings. The number of carbonyl (C=O) groups excluding carboxylic acids is 2. The zero-order chi connectivity index (χ0) is 16.8. The van der Waals surface area contributed by atoms with Crippen LogP contribution in [0.5, 0.6) is 0 Å². The monoisotopic (exact) mass is 336 g/mol. The van der Waals surface area contributed by atoms with Gasteiger partial charge in [-0.25, -0.2) is 0 Å². The minimum absolute atomic E-state index is 0.0366. The van der Waals surface area contributed by atoms with Gasteiger partial charge in [0.15, 0.2) is 0 Å². The lowest BCUT2D eigenvalue weighted by atomic mass is 9.86. The van der Waals surface area contributed by atoms with E-state index in [1.807, 2.05) is 4.90 Å². The fourth-order valence-electron chi connectivity index (χ4n) is 4.31. The molecule has 2 amide bonds. The molecule has 3 aliphatic rings. The molecule has 24 heavy (non-hydrogen) atoms. The molecular formula is C19H32N2O3. The maximum Gasteiger partial charge on any atom is 0.249 e. The van der Waals surface area contributed by atoms with Gasteiger partial charge in [0.2, 0.25) is 11.8 Å². The number of likely N-dealkylation sites (tertiary alicyclic amines) is 1. The van der Waals surface area contributed by atoms with Crippen molar-refractivity contribution in [2.75, 3.05) is 19.7 Å². The summed E-state index contributed by atoms with van der Waals surface area (Å²) in [5.74, 6) is 1.12. The molecule has 2 heterocycles. The summed E-state index contributed by atoms with van der Waals surface area (Å²) in [7, 11) is 0. The quantitative estimate of drug-likeness (QED) is 0.839. The first-order chi connectivity index (χ1) is 11.7. The summed E-state index contributed by atoms with van der Waals surface area (Å²) >= 11 is 0. The molecule has 2 saturated heterocycles. The fraction of sp³-hybridized carbons (Fsp3) is 0.895. The molecule has 0 spiro atoms. The molecular weight excluding hydrogens is 304 g/mol. The van der Waals surface area contributed by atoms with Gasteiger partial charge in [-0.2, -0.15) is 0 Å². The van der Waals surface area contributed by atoms with Gasteiger partial charge < -0.3 is 15.0 Å². The Balaban J connectivity index is 1.33. The molecule has 1 atom stereocenters. The Kier molecular flexibility index (Phi) is 6.52. The van der Waals surface area contributed by atoms with Crippen LogP contribution < -0.4 is 5.32 Å². The Labute approximate surface area is 145 Å². The van der Waals surface area contributed by atoms with Crippen LogP contribution in [0.1, 0.15) is 70.6 Å². The van der Waals surface area contributed by atoms with Crippen molar-refractivity contribution >= 4 is 11.8 Å². The highest BCUT2D eigenvalue weighted by atomic mass is 16.5. The van der Waals surface area contributed by atoms with Gasteiger partial charge in [0.25, 0.3) is 0 Å². The molecule has 0 bridgehead atoms. The number of hydrogen-bond acceptors (Lipinski definition) is 3. The fourth-order valence-corrected chi connectivity index (χ4v) is 4.31. The molecule has 136 valence electrons. The highest BCUT2D eigenvalue weighted by Gasteiger charge is 2.28. The van der Waals surface area contributed by atoms with Crippen molar-refractivity contribution in [1.82, 2.24) is 10.2 Å². The Morgan fingerprint density at radius 2 is 1.71 bits per heavy atom. The van der Waals surface area contributed by atoms with Crippen LogP contribution in [-0.2, 0) is 14.3 Å². The third kappa shape index (κ3) is 4.95. The van der Waals surface area contributed by atoms with Gasteiger partial charge in [-0.3, -0.25) is 9.59 Å². The van der Waals surface area contributed by atoms with Crippen LogP contribution in [0.15, 0.2) is 0 Å². The smallest absolute Gasteiger partial charge is 0.249 e. The maximum absolute atomic E-state index is 12.4. The molecule has 1 unspecified atom stereocenters. The van der Waals surface area contributed by atoms with E-state index in [1.165, 1.54) is 32.1 Å². The average Bonchev–Trinajstić information content (AvgIpc) is 3.16. The predicted molar refractivity (Wildman–Crippen MR) is 92.5 cm³/mol. The third-order valence-electron chi connectivity index (χ3n) is 5.91. The number of nitrogens with zero attached hydrogens (tertiary/aromatic N) is 1. The summed E-state index contributed by atoms with van der Waals surface area (Å²) in [5.41, 5.74) is 0. The molecule has 5 heteroatoms. The summed E-state index contributed by atoms with van der Waals surface area (Å²) in [6.07, 6.45) is 11.7. The van der Waals surface area contributed by atoms with Crippen LogP contribution in [0.25, 0.3) is 0 Å². The SMILES string of the molecule is O=C(NC1CCN(C(=O)CCC2CCCCC2)CC1)C1CCCO1. The van der Waals surface area contributed by atoms with Gasteiger partial charge in [-0.15, -0.1) is 0 Å². The van der Waals surface area contributed by atoms with Crippen molar-refractivity contribution in [3.63, 3.8) is 0 Å². The van der Waals surface area contributed by atoms with Gasteiger partial charge >= 0.3 is 0 Å². The van der Waals surface area contributed by atoms with E-state index in [9.17, 15) is 9.59 Å². The van der Waals surface area contributed by atoms with Gasteiger partial charge in [0, 0.05) is 32.2 Å². The predicted octanol–water partition coefficient (Wildman–Crippen LogP) is 2.63. The molecule has 1 N–H and O–H groups in total. The molecule has 0 aromatic carbocycles. The van der Waals surface area contributed by atoms with Crippen molar-refractivity contribution < 1.29 is 14.3 Å². The summed E-state index contributed by atoms with van der Waals surface area (Å²) in [6.45, 7) is 2.26. The van der Waals surface area contributed by atoms with Crippen molar-refractivity contribution in [2.45, 2.75) is 82.8 Å².